The second kappa shape index (κ2) is 2.51. The Balaban J connectivity index is 2.06. The van der Waals surface area contributed by atoms with Crippen molar-refractivity contribution in [3.8, 4) is 0 Å². The van der Waals surface area contributed by atoms with Crippen LogP contribution in [0.25, 0.3) is 0 Å². The maximum Gasteiger partial charge on any atom is 0.181 e. The summed E-state index contributed by atoms with van der Waals surface area (Å²) in [6.45, 7) is 6.59. The quantitative estimate of drug-likeness (QED) is 0.596. The molecule has 2 nitrogen and oxygen atoms in total. The van der Waals surface area contributed by atoms with Crippen LogP contribution in [0.1, 0.15) is 33.6 Å². The fraction of sp³-hybridized carbons (Fsp3) is 1.00. The van der Waals surface area contributed by atoms with Gasteiger partial charge in [-0.1, -0.05) is 20.8 Å². The van der Waals surface area contributed by atoms with E-state index in [9.17, 15) is 0 Å². The molecule has 0 radical (unpaired) electrons. The van der Waals surface area contributed by atoms with Crippen LogP contribution in [0.3, 0.4) is 0 Å². The number of aliphatic hydroxyl groups excluding tert-OH is 1. The molecule has 0 spiro atoms. The first kappa shape index (κ1) is 8.02. The maximum absolute atomic E-state index is 8.80. The predicted molar refractivity (Wildman–Crippen MR) is 39.6 cm³/mol. The van der Waals surface area contributed by atoms with Crippen molar-refractivity contribution in [3.05, 3.63) is 0 Å². The number of ether oxygens (including phenoxy) is 1. The summed E-state index contributed by atoms with van der Waals surface area (Å²) in [7, 11) is 0. The summed E-state index contributed by atoms with van der Waals surface area (Å²) < 4.78 is 4.87. The summed E-state index contributed by atoms with van der Waals surface area (Å²) in [6.07, 6.45) is 1.79. The molecule has 0 amide bonds. The van der Waals surface area contributed by atoms with E-state index in [-0.39, 0.29) is 6.10 Å². The highest BCUT2D eigenvalue weighted by molar-refractivity contribution is 4.77. The van der Waals surface area contributed by atoms with E-state index in [0.717, 1.165) is 12.8 Å². The van der Waals surface area contributed by atoms with Crippen molar-refractivity contribution in [3.63, 3.8) is 0 Å². The standard InChI is InChI=1S/C8H16O2/c1-8(2,3)5-4-6-7(9)10-6/h6-7,9H,4-5H2,1-3H3. The van der Waals surface area contributed by atoms with Crippen LogP contribution >= 0.6 is 0 Å². The summed E-state index contributed by atoms with van der Waals surface area (Å²) in [5.74, 6) is 0. The van der Waals surface area contributed by atoms with Gasteiger partial charge >= 0.3 is 0 Å². The van der Waals surface area contributed by atoms with Crippen LogP contribution in [0.15, 0.2) is 0 Å². The molecule has 0 aromatic rings. The van der Waals surface area contributed by atoms with Gasteiger partial charge < -0.3 is 9.84 Å². The van der Waals surface area contributed by atoms with Crippen molar-refractivity contribution in [1.29, 1.82) is 0 Å². The van der Waals surface area contributed by atoms with Crippen molar-refractivity contribution >= 4 is 0 Å². The van der Waals surface area contributed by atoms with E-state index in [1.807, 2.05) is 0 Å². The molecule has 10 heavy (non-hydrogen) atoms. The largest absolute Gasteiger partial charge is 0.366 e. The average Bonchev–Trinajstić information content (AvgIpc) is 2.40. The Morgan fingerprint density at radius 1 is 1.40 bits per heavy atom. The highest BCUT2D eigenvalue weighted by Gasteiger charge is 2.36. The van der Waals surface area contributed by atoms with Crippen molar-refractivity contribution in [2.75, 3.05) is 0 Å². The summed E-state index contributed by atoms with van der Waals surface area (Å²) in [4.78, 5) is 0. The smallest absolute Gasteiger partial charge is 0.181 e. The molecule has 0 aromatic carbocycles. The first-order chi connectivity index (χ1) is 4.49. The van der Waals surface area contributed by atoms with Gasteiger partial charge in [0.2, 0.25) is 0 Å². The Morgan fingerprint density at radius 3 is 2.20 bits per heavy atom. The Bertz CT molecular complexity index is 115. The number of hydrogen-bond acceptors (Lipinski definition) is 2. The van der Waals surface area contributed by atoms with Gasteiger partial charge in [0.1, 0.15) is 6.10 Å². The molecule has 1 saturated heterocycles. The fourth-order valence-electron chi connectivity index (χ4n) is 0.920. The second-order valence-electron chi connectivity index (χ2n) is 4.16. The van der Waals surface area contributed by atoms with Crippen molar-refractivity contribution < 1.29 is 9.84 Å². The highest BCUT2D eigenvalue weighted by atomic mass is 16.7. The van der Waals surface area contributed by atoms with Crippen LogP contribution in [0, 0.1) is 5.41 Å². The summed E-state index contributed by atoms with van der Waals surface area (Å²) in [5.41, 5.74) is 0.367. The first-order valence-electron chi connectivity index (χ1n) is 3.82. The van der Waals surface area contributed by atoms with E-state index in [2.05, 4.69) is 20.8 Å². The lowest BCUT2D eigenvalue weighted by atomic mass is 9.90. The Hall–Kier alpha value is -0.0800. The molecule has 1 fully saturated rings. The van der Waals surface area contributed by atoms with E-state index in [0.29, 0.717) is 5.41 Å². The molecule has 2 heteroatoms. The molecule has 60 valence electrons. The minimum absolute atomic E-state index is 0.138. The molecule has 0 bridgehead atoms. The Labute approximate surface area is 62.2 Å². The van der Waals surface area contributed by atoms with E-state index >= 15 is 0 Å². The number of aliphatic hydroxyl groups is 1. The topological polar surface area (TPSA) is 32.8 Å². The van der Waals surface area contributed by atoms with Gasteiger partial charge in [0.25, 0.3) is 0 Å². The number of hydrogen-bond donors (Lipinski definition) is 1. The zero-order chi connectivity index (χ0) is 7.78. The van der Waals surface area contributed by atoms with Gasteiger partial charge in [-0.2, -0.15) is 0 Å². The third-order valence-corrected chi connectivity index (χ3v) is 1.73. The molecule has 1 N–H and O–H groups in total. The molecule has 1 aliphatic rings. The molecular weight excluding hydrogens is 128 g/mol. The maximum atomic E-state index is 8.80. The van der Waals surface area contributed by atoms with Crippen molar-refractivity contribution in [1.82, 2.24) is 0 Å². The predicted octanol–water partition coefficient (Wildman–Crippen LogP) is 1.53. The van der Waals surface area contributed by atoms with Gasteiger partial charge in [0.15, 0.2) is 6.29 Å². The first-order valence-corrected chi connectivity index (χ1v) is 3.82. The lowest BCUT2D eigenvalue weighted by Gasteiger charge is -2.16. The van der Waals surface area contributed by atoms with E-state index in [1.54, 1.807) is 0 Å². The van der Waals surface area contributed by atoms with Crippen molar-refractivity contribution in [2.45, 2.75) is 46.0 Å². The molecule has 1 heterocycles. The third-order valence-electron chi connectivity index (χ3n) is 1.73. The van der Waals surface area contributed by atoms with Gasteiger partial charge in [-0.15, -0.1) is 0 Å². The Morgan fingerprint density at radius 2 is 1.90 bits per heavy atom. The normalized spacial score (nSPS) is 32.4. The van der Waals surface area contributed by atoms with E-state index < -0.39 is 6.29 Å². The molecule has 2 atom stereocenters. The zero-order valence-electron chi connectivity index (χ0n) is 6.92. The van der Waals surface area contributed by atoms with Crippen LogP contribution in [-0.4, -0.2) is 17.5 Å². The highest BCUT2D eigenvalue weighted by Crippen LogP contribution is 2.29. The van der Waals surface area contributed by atoms with Crippen molar-refractivity contribution in [2.24, 2.45) is 5.41 Å². The lowest BCUT2D eigenvalue weighted by molar-refractivity contribution is 0.156. The number of epoxide rings is 1. The molecule has 0 saturated carbocycles. The Kier molecular flexibility index (Phi) is 2.02. The average molecular weight is 144 g/mol. The fourth-order valence-corrected chi connectivity index (χ4v) is 0.920. The van der Waals surface area contributed by atoms with Crippen LogP contribution in [0.2, 0.25) is 0 Å². The van der Waals surface area contributed by atoms with E-state index in [1.165, 1.54) is 0 Å². The van der Waals surface area contributed by atoms with Crippen LogP contribution in [0.4, 0.5) is 0 Å². The molecule has 2 unspecified atom stereocenters. The van der Waals surface area contributed by atoms with Crippen LogP contribution in [-0.2, 0) is 4.74 Å². The molecule has 1 aliphatic heterocycles. The molecule has 0 aromatic heterocycles. The van der Waals surface area contributed by atoms with Gasteiger partial charge in [0, 0.05) is 0 Å². The van der Waals surface area contributed by atoms with Gasteiger partial charge in [0.05, 0.1) is 0 Å². The van der Waals surface area contributed by atoms with E-state index in [4.69, 9.17) is 9.84 Å². The summed E-state index contributed by atoms with van der Waals surface area (Å²) in [6, 6.07) is 0. The number of rotatable bonds is 2. The summed E-state index contributed by atoms with van der Waals surface area (Å²) >= 11 is 0. The summed E-state index contributed by atoms with van der Waals surface area (Å²) in [5, 5.41) is 8.80. The van der Waals surface area contributed by atoms with Gasteiger partial charge in [-0.3, -0.25) is 0 Å². The lowest BCUT2D eigenvalue weighted by Crippen LogP contribution is -2.06. The molecule has 0 aliphatic carbocycles. The van der Waals surface area contributed by atoms with Crippen LogP contribution < -0.4 is 0 Å². The zero-order valence-corrected chi connectivity index (χ0v) is 6.92. The van der Waals surface area contributed by atoms with Gasteiger partial charge in [-0.05, 0) is 18.3 Å². The third kappa shape index (κ3) is 2.67. The molecule has 1 rings (SSSR count). The van der Waals surface area contributed by atoms with Crippen LogP contribution in [0.5, 0.6) is 0 Å². The SMILES string of the molecule is CC(C)(C)CCC1OC1O. The minimum Gasteiger partial charge on any atom is -0.366 e. The minimum atomic E-state index is -0.456. The molecular formula is C8H16O2. The monoisotopic (exact) mass is 144 g/mol. The van der Waals surface area contributed by atoms with Gasteiger partial charge in [-0.25, -0.2) is 0 Å². The second-order valence-corrected chi connectivity index (χ2v) is 4.16.